The number of aliphatic hydroxyl groups excluding tert-OH is 1. The van der Waals surface area contributed by atoms with Crippen molar-refractivity contribution in [1.82, 2.24) is 19.5 Å². The maximum Gasteiger partial charge on any atom is 0.167 e. The van der Waals surface area contributed by atoms with Gasteiger partial charge in [0.05, 0.1) is 29.7 Å². The Balaban J connectivity index is 1.64. The lowest BCUT2D eigenvalue weighted by Gasteiger charge is -2.18. The SMILES string of the molecule is Cc1ccc(S[C@@H]2[C@@H](Cl)[C@H](n3cnc4c(N)ncnc43)O[C@@H]2CO)cc1. The number of fused-ring (bicyclic) bond motifs is 1. The molecule has 0 amide bonds. The smallest absolute Gasteiger partial charge is 0.167 e. The second-order valence-electron chi connectivity index (χ2n) is 6.17. The number of rotatable bonds is 4. The summed E-state index contributed by atoms with van der Waals surface area (Å²) in [6, 6.07) is 8.20. The van der Waals surface area contributed by atoms with Gasteiger partial charge in [-0.05, 0) is 19.1 Å². The van der Waals surface area contributed by atoms with E-state index in [0.717, 1.165) is 4.90 Å². The highest BCUT2D eigenvalue weighted by Gasteiger charge is 2.45. The average Bonchev–Trinajstić information content (AvgIpc) is 3.20. The summed E-state index contributed by atoms with van der Waals surface area (Å²) in [7, 11) is 0. The van der Waals surface area contributed by atoms with Crippen molar-refractivity contribution in [1.29, 1.82) is 0 Å². The fourth-order valence-electron chi connectivity index (χ4n) is 3.04. The fourth-order valence-corrected chi connectivity index (χ4v) is 4.71. The Hall–Kier alpha value is -1.87. The Morgan fingerprint density at radius 1 is 1.27 bits per heavy atom. The molecule has 1 aliphatic heterocycles. The van der Waals surface area contributed by atoms with E-state index in [9.17, 15) is 5.11 Å². The number of thioether (sulfide) groups is 1. The van der Waals surface area contributed by atoms with Crippen LogP contribution in [0.25, 0.3) is 11.2 Å². The van der Waals surface area contributed by atoms with Gasteiger partial charge >= 0.3 is 0 Å². The van der Waals surface area contributed by atoms with Crippen LogP contribution >= 0.6 is 23.4 Å². The molecule has 1 fully saturated rings. The van der Waals surface area contributed by atoms with E-state index in [1.807, 2.05) is 19.1 Å². The fraction of sp³-hybridized carbons (Fsp3) is 0.353. The number of ether oxygens (including phenoxy) is 1. The number of aryl methyl sites for hydroxylation is 1. The van der Waals surface area contributed by atoms with E-state index in [1.165, 1.54) is 11.9 Å². The van der Waals surface area contributed by atoms with Gasteiger partial charge in [0.25, 0.3) is 0 Å². The van der Waals surface area contributed by atoms with Crippen molar-refractivity contribution in [3.8, 4) is 0 Å². The predicted molar refractivity (Wildman–Crippen MR) is 101 cm³/mol. The van der Waals surface area contributed by atoms with Gasteiger partial charge in [0, 0.05) is 4.90 Å². The summed E-state index contributed by atoms with van der Waals surface area (Å²) in [4.78, 5) is 13.6. The first-order valence-electron chi connectivity index (χ1n) is 8.15. The Kier molecular flexibility index (Phi) is 4.74. The van der Waals surface area contributed by atoms with Gasteiger partial charge in [-0.3, -0.25) is 4.57 Å². The first-order chi connectivity index (χ1) is 12.6. The third-order valence-electron chi connectivity index (χ3n) is 4.40. The van der Waals surface area contributed by atoms with Crippen molar-refractivity contribution in [3.63, 3.8) is 0 Å². The molecule has 0 aliphatic carbocycles. The summed E-state index contributed by atoms with van der Waals surface area (Å²) >= 11 is 8.35. The van der Waals surface area contributed by atoms with Crippen LogP contribution < -0.4 is 5.73 Å². The molecule has 1 aliphatic rings. The lowest BCUT2D eigenvalue weighted by molar-refractivity contribution is -0.0190. The van der Waals surface area contributed by atoms with E-state index in [2.05, 4.69) is 27.1 Å². The predicted octanol–water partition coefficient (Wildman–Crippen LogP) is 2.37. The van der Waals surface area contributed by atoms with Crippen LogP contribution in [0.15, 0.2) is 41.8 Å². The number of halogens is 1. The molecule has 0 spiro atoms. The summed E-state index contributed by atoms with van der Waals surface area (Å²) in [5.74, 6) is 0.308. The largest absolute Gasteiger partial charge is 0.394 e. The van der Waals surface area contributed by atoms with Crippen molar-refractivity contribution < 1.29 is 9.84 Å². The van der Waals surface area contributed by atoms with Crippen LogP contribution in [0.2, 0.25) is 0 Å². The first kappa shape index (κ1) is 17.5. The Bertz CT molecular complexity index is 919. The number of nitrogens with two attached hydrogens (primary N) is 1. The lowest BCUT2D eigenvalue weighted by atomic mass is 10.2. The van der Waals surface area contributed by atoms with Gasteiger partial charge in [-0.2, -0.15) is 0 Å². The second-order valence-corrected chi connectivity index (χ2v) is 7.93. The quantitative estimate of drug-likeness (QED) is 0.658. The topological polar surface area (TPSA) is 99.1 Å². The highest BCUT2D eigenvalue weighted by Crippen LogP contribution is 2.43. The van der Waals surface area contributed by atoms with Gasteiger partial charge in [-0.1, -0.05) is 17.7 Å². The first-order valence-corrected chi connectivity index (χ1v) is 9.47. The third-order valence-corrected chi connectivity index (χ3v) is 6.45. The van der Waals surface area contributed by atoms with E-state index in [1.54, 1.807) is 22.7 Å². The highest BCUT2D eigenvalue weighted by atomic mass is 35.5. The average molecular weight is 392 g/mol. The maximum absolute atomic E-state index is 9.78. The number of hydrogen-bond donors (Lipinski definition) is 2. The van der Waals surface area contributed by atoms with Crippen molar-refractivity contribution in [3.05, 3.63) is 42.5 Å². The molecule has 3 heterocycles. The summed E-state index contributed by atoms with van der Waals surface area (Å²) < 4.78 is 7.80. The number of benzene rings is 1. The number of imidazole rings is 1. The van der Waals surface area contributed by atoms with Crippen molar-refractivity contribution in [2.45, 2.75) is 34.8 Å². The summed E-state index contributed by atoms with van der Waals surface area (Å²) in [6.45, 7) is 1.93. The van der Waals surface area contributed by atoms with Gasteiger partial charge in [-0.15, -0.1) is 23.4 Å². The summed E-state index contributed by atoms with van der Waals surface area (Å²) in [5.41, 5.74) is 8.12. The molecule has 3 N–H and O–H groups in total. The molecule has 7 nitrogen and oxygen atoms in total. The molecule has 0 saturated carbocycles. The molecule has 0 bridgehead atoms. The molecule has 2 aromatic heterocycles. The molecule has 26 heavy (non-hydrogen) atoms. The minimum atomic E-state index is -0.504. The molecule has 136 valence electrons. The van der Waals surface area contributed by atoms with Crippen molar-refractivity contribution in [2.75, 3.05) is 12.3 Å². The van der Waals surface area contributed by atoms with Crippen molar-refractivity contribution in [2.24, 2.45) is 0 Å². The van der Waals surface area contributed by atoms with Gasteiger partial charge < -0.3 is 15.6 Å². The number of alkyl halides is 1. The van der Waals surface area contributed by atoms with Crippen LogP contribution in [0.1, 0.15) is 11.8 Å². The van der Waals surface area contributed by atoms with E-state index < -0.39 is 12.3 Å². The maximum atomic E-state index is 9.78. The molecular formula is C17H18ClN5O2S. The lowest BCUT2D eigenvalue weighted by Crippen LogP contribution is -2.27. The van der Waals surface area contributed by atoms with Crippen LogP contribution in [0.3, 0.4) is 0 Å². The Labute approximate surface area is 159 Å². The molecule has 1 aromatic carbocycles. The number of anilines is 1. The zero-order valence-electron chi connectivity index (χ0n) is 14.0. The molecule has 4 atom stereocenters. The molecule has 0 radical (unpaired) electrons. The third kappa shape index (κ3) is 3.03. The van der Waals surface area contributed by atoms with Crippen LogP contribution in [0.5, 0.6) is 0 Å². The van der Waals surface area contributed by atoms with E-state index in [4.69, 9.17) is 22.1 Å². The van der Waals surface area contributed by atoms with E-state index >= 15 is 0 Å². The van der Waals surface area contributed by atoms with Crippen molar-refractivity contribution >= 4 is 40.3 Å². The van der Waals surface area contributed by atoms with Gasteiger partial charge in [-0.25, -0.2) is 15.0 Å². The zero-order chi connectivity index (χ0) is 18.3. The van der Waals surface area contributed by atoms with Crippen LogP contribution in [0, 0.1) is 6.92 Å². The molecule has 0 unspecified atom stereocenters. The molecule has 9 heteroatoms. The van der Waals surface area contributed by atoms with E-state index in [0.29, 0.717) is 17.0 Å². The zero-order valence-corrected chi connectivity index (χ0v) is 15.6. The molecule has 1 saturated heterocycles. The summed E-state index contributed by atoms with van der Waals surface area (Å²) in [6.07, 6.45) is 2.08. The number of aromatic nitrogens is 4. The number of nitrogens with zero attached hydrogens (tertiary/aromatic N) is 4. The van der Waals surface area contributed by atoms with Gasteiger partial charge in [0.15, 0.2) is 17.7 Å². The molecule has 3 aromatic rings. The monoisotopic (exact) mass is 391 g/mol. The number of aliphatic hydroxyl groups is 1. The van der Waals surface area contributed by atoms with Gasteiger partial charge in [0.1, 0.15) is 11.8 Å². The minimum absolute atomic E-state index is 0.118. The van der Waals surface area contributed by atoms with Crippen LogP contribution in [-0.2, 0) is 4.74 Å². The Morgan fingerprint density at radius 2 is 2.04 bits per heavy atom. The van der Waals surface area contributed by atoms with Crippen LogP contribution in [-0.4, -0.2) is 48.0 Å². The minimum Gasteiger partial charge on any atom is -0.394 e. The number of nitrogen functional groups attached to an aromatic ring is 1. The molecular weight excluding hydrogens is 374 g/mol. The van der Waals surface area contributed by atoms with E-state index in [-0.39, 0.29) is 17.2 Å². The van der Waals surface area contributed by atoms with Crippen LogP contribution in [0.4, 0.5) is 5.82 Å². The Morgan fingerprint density at radius 3 is 2.77 bits per heavy atom. The highest BCUT2D eigenvalue weighted by molar-refractivity contribution is 8.00. The van der Waals surface area contributed by atoms with Gasteiger partial charge in [0.2, 0.25) is 0 Å². The summed E-state index contributed by atoms with van der Waals surface area (Å²) in [5, 5.41) is 9.28. The molecule has 4 rings (SSSR count). The number of hydrogen-bond acceptors (Lipinski definition) is 7. The second kappa shape index (κ2) is 7.03. The normalized spacial score (nSPS) is 25.8. The standard InChI is InChI=1S/C17H18ClN5O2S/c1-9-2-4-10(5-3-9)26-14-11(6-24)25-17(12(14)18)23-8-22-13-15(19)20-7-21-16(13)23/h2-5,7-8,11-12,14,17,24H,6H2,1H3,(H2,19,20,21)/t11-,12-,14+,17-/m1/s1.